The molecule has 10 nitrogen and oxygen atoms in total. The lowest BCUT2D eigenvalue weighted by molar-refractivity contribution is 0.0500. The first-order chi connectivity index (χ1) is 17.1. The lowest BCUT2D eigenvalue weighted by Gasteiger charge is -2.47. The summed E-state index contributed by atoms with van der Waals surface area (Å²) in [6.07, 6.45) is 5.30. The minimum absolute atomic E-state index is 0.0357. The number of nitrogens with zero attached hydrogens (tertiary/aromatic N) is 7. The second-order valence-corrected chi connectivity index (χ2v) is 10.9. The van der Waals surface area contributed by atoms with Gasteiger partial charge in [0.1, 0.15) is 5.69 Å². The fourth-order valence-corrected chi connectivity index (χ4v) is 5.91. The third kappa shape index (κ3) is 3.83. The molecule has 2 atom stereocenters. The van der Waals surface area contributed by atoms with Crippen LogP contribution in [0.4, 0.5) is 26.2 Å². The molecule has 0 bridgehead atoms. The van der Waals surface area contributed by atoms with Crippen LogP contribution in [0, 0.1) is 11.6 Å². The number of rotatable bonds is 4. The van der Waals surface area contributed by atoms with E-state index in [-0.39, 0.29) is 29.1 Å². The van der Waals surface area contributed by atoms with E-state index < -0.39 is 17.2 Å². The van der Waals surface area contributed by atoms with Gasteiger partial charge in [0.2, 0.25) is 5.95 Å². The number of tetrazole rings is 1. The zero-order valence-corrected chi connectivity index (χ0v) is 20.7. The summed E-state index contributed by atoms with van der Waals surface area (Å²) in [5, 5.41) is 18.0. The molecule has 0 spiro atoms. The number of benzene rings is 1. The van der Waals surface area contributed by atoms with Gasteiger partial charge in [-0.1, -0.05) is 0 Å². The van der Waals surface area contributed by atoms with Gasteiger partial charge in [-0.25, -0.2) is 13.8 Å². The molecule has 2 N–H and O–H groups in total. The predicted octanol–water partition coefficient (Wildman–Crippen LogP) is 3.92. The van der Waals surface area contributed by atoms with Gasteiger partial charge in [-0.05, 0) is 76.4 Å². The zero-order valence-electron chi connectivity index (χ0n) is 20.7. The van der Waals surface area contributed by atoms with E-state index in [1.54, 1.807) is 19.9 Å². The Morgan fingerprint density at radius 1 is 1.14 bits per heavy atom. The van der Waals surface area contributed by atoms with Crippen LogP contribution < -0.4 is 15.4 Å². The van der Waals surface area contributed by atoms with Crippen molar-refractivity contribution in [1.82, 2.24) is 35.1 Å². The highest BCUT2D eigenvalue weighted by Gasteiger charge is 2.43. The monoisotopic (exact) mass is 497 g/mol. The van der Waals surface area contributed by atoms with Crippen LogP contribution in [0.25, 0.3) is 5.69 Å². The molecule has 3 aliphatic rings. The van der Waals surface area contributed by atoms with Gasteiger partial charge in [0.25, 0.3) is 0 Å². The molecule has 190 valence electrons. The minimum atomic E-state index is -0.893. The number of hydrogen-bond acceptors (Lipinski definition) is 9. The Morgan fingerprint density at radius 2 is 1.97 bits per heavy atom. The van der Waals surface area contributed by atoms with E-state index in [9.17, 15) is 4.39 Å². The summed E-state index contributed by atoms with van der Waals surface area (Å²) in [5.41, 5.74) is -0.152. The van der Waals surface area contributed by atoms with Gasteiger partial charge in [0, 0.05) is 29.4 Å². The number of piperidine rings is 1. The third-order valence-corrected chi connectivity index (χ3v) is 7.42. The van der Waals surface area contributed by atoms with E-state index in [0.29, 0.717) is 23.2 Å². The Kier molecular flexibility index (Phi) is 5.15. The minimum Gasteiger partial charge on any atom is -0.474 e. The summed E-state index contributed by atoms with van der Waals surface area (Å²) >= 11 is 0. The Bertz CT molecular complexity index is 1320. The fourth-order valence-electron chi connectivity index (χ4n) is 5.91. The normalized spacial score (nSPS) is 23.8. The molecule has 0 radical (unpaired) electrons. The van der Waals surface area contributed by atoms with Crippen molar-refractivity contribution in [2.75, 3.05) is 17.2 Å². The Balaban J connectivity index is 1.25. The van der Waals surface area contributed by atoms with Crippen molar-refractivity contribution >= 4 is 17.5 Å². The number of nitrogens with one attached hydrogen (secondary N) is 2. The van der Waals surface area contributed by atoms with Crippen molar-refractivity contribution in [1.29, 1.82) is 0 Å². The lowest BCUT2D eigenvalue weighted by atomic mass is 9.84. The highest BCUT2D eigenvalue weighted by atomic mass is 19.1. The molecule has 6 rings (SSSR count). The number of fused-ring (bicyclic) bond motifs is 4. The first-order valence-corrected chi connectivity index (χ1v) is 12.3. The molecule has 12 heteroatoms. The fraction of sp³-hybridized carbons (Fsp3) is 0.542. The maximum atomic E-state index is 15.0. The molecule has 0 aliphatic carbocycles. The maximum Gasteiger partial charge on any atom is 0.229 e. The van der Waals surface area contributed by atoms with Gasteiger partial charge in [-0.15, -0.1) is 5.10 Å². The topological polar surface area (TPSA) is 106 Å². The Labute approximate surface area is 207 Å². The van der Waals surface area contributed by atoms with Crippen LogP contribution in [0.1, 0.15) is 59.2 Å². The van der Waals surface area contributed by atoms with Crippen LogP contribution in [0.5, 0.6) is 5.75 Å². The number of ether oxygens (including phenoxy) is 1. The molecule has 0 saturated carbocycles. The van der Waals surface area contributed by atoms with Crippen LogP contribution in [0.3, 0.4) is 0 Å². The third-order valence-electron chi connectivity index (χ3n) is 7.42. The summed E-state index contributed by atoms with van der Waals surface area (Å²) < 4.78 is 37.0. The van der Waals surface area contributed by atoms with Crippen LogP contribution in [-0.2, 0) is 5.60 Å². The second kappa shape index (κ2) is 8.05. The predicted molar refractivity (Wildman–Crippen MR) is 128 cm³/mol. The summed E-state index contributed by atoms with van der Waals surface area (Å²) in [6, 6.07) is 3.51. The van der Waals surface area contributed by atoms with Gasteiger partial charge >= 0.3 is 0 Å². The van der Waals surface area contributed by atoms with Crippen LogP contribution in [0.2, 0.25) is 0 Å². The van der Waals surface area contributed by atoms with Crippen molar-refractivity contribution < 1.29 is 13.5 Å². The van der Waals surface area contributed by atoms with Gasteiger partial charge in [0.15, 0.2) is 34.6 Å². The van der Waals surface area contributed by atoms with Crippen LogP contribution >= 0.6 is 0 Å². The average molecular weight is 498 g/mol. The molecule has 3 aromatic rings. The molecule has 2 saturated heterocycles. The lowest BCUT2D eigenvalue weighted by Crippen LogP contribution is -2.55. The zero-order chi connectivity index (χ0) is 25.2. The van der Waals surface area contributed by atoms with Crippen molar-refractivity contribution in [3.05, 3.63) is 35.8 Å². The SMILES string of the molecule is CC1(C)Oc2c(F)cc(Nc3ncc(F)c(NC4CC5CCCN5C(C)(C)C4)n3)cc2-n2nnnc21. The molecule has 2 fully saturated rings. The summed E-state index contributed by atoms with van der Waals surface area (Å²) in [4.78, 5) is 11.0. The van der Waals surface area contributed by atoms with E-state index in [1.165, 1.54) is 17.2 Å². The van der Waals surface area contributed by atoms with Crippen LogP contribution in [0.15, 0.2) is 18.3 Å². The van der Waals surface area contributed by atoms with Gasteiger partial charge < -0.3 is 15.4 Å². The first kappa shape index (κ1) is 23.0. The average Bonchev–Trinajstić information content (AvgIpc) is 3.48. The highest BCUT2D eigenvalue weighted by molar-refractivity contribution is 5.64. The molecular formula is C24H29F2N9O. The quantitative estimate of drug-likeness (QED) is 0.555. The summed E-state index contributed by atoms with van der Waals surface area (Å²) in [7, 11) is 0. The van der Waals surface area contributed by atoms with E-state index in [0.717, 1.165) is 32.0 Å². The molecular weight excluding hydrogens is 468 g/mol. The molecule has 36 heavy (non-hydrogen) atoms. The molecule has 5 heterocycles. The van der Waals surface area contributed by atoms with Gasteiger partial charge in [-0.3, -0.25) is 4.90 Å². The maximum absolute atomic E-state index is 15.0. The number of halogens is 2. The molecule has 1 aromatic carbocycles. The summed E-state index contributed by atoms with van der Waals surface area (Å²) in [6.45, 7) is 9.14. The van der Waals surface area contributed by atoms with Crippen molar-refractivity contribution in [3.63, 3.8) is 0 Å². The molecule has 2 unspecified atom stereocenters. The number of hydrogen-bond donors (Lipinski definition) is 2. The highest BCUT2D eigenvalue weighted by Crippen LogP contribution is 2.41. The van der Waals surface area contributed by atoms with Crippen molar-refractivity contribution in [2.24, 2.45) is 0 Å². The summed E-state index contributed by atoms with van der Waals surface area (Å²) in [5.74, 6) is -0.343. The number of aromatic nitrogens is 6. The van der Waals surface area contributed by atoms with Crippen LogP contribution in [-0.4, -0.2) is 59.2 Å². The molecule has 2 aromatic heterocycles. The van der Waals surface area contributed by atoms with Crippen molar-refractivity contribution in [2.45, 2.75) is 76.6 Å². The molecule has 3 aliphatic heterocycles. The standard InChI is InChI=1S/C24H29F2N9O/c1-23(2)11-14(8-15-6-5-7-34(15)23)28-20-17(26)12-27-22(30-20)29-13-9-16(25)19-18(10-13)35-21(31-32-33-35)24(3,4)36-19/h9-10,12,14-15H,5-8,11H2,1-4H3,(H2,27,28,29,30). The first-order valence-electron chi connectivity index (χ1n) is 12.3. The number of anilines is 3. The molecule has 0 amide bonds. The smallest absolute Gasteiger partial charge is 0.229 e. The van der Waals surface area contributed by atoms with Gasteiger partial charge in [-0.2, -0.15) is 9.67 Å². The largest absolute Gasteiger partial charge is 0.474 e. The van der Waals surface area contributed by atoms with Crippen molar-refractivity contribution in [3.8, 4) is 11.4 Å². The Morgan fingerprint density at radius 3 is 2.81 bits per heavy atom. The van der Waals surface area contributed by atoms with E-state index in [2.05, 4.69) is 54.9 Å². The van der Waals surface area contributed by atoms with E-state index in [4.69, 9.17) is 4.74 Å². The van der Waals surface area contributed by atoms with E-state index in [1.807, 2.05) is 0 Å². The Hall–Kier alpha value is -3.41. The van der Waals surface area contributed by atoms with E-state index >= 15 is 4.39 Å². The second-order valence-electron chi connectivity index (χ2n) is 10.9. The van der Waals surface area contributed by atoms with Gasteiger partial charge in [0.05, 0.1) is 6.20 Å².